The number of fused-ring (bicyclic) bond motifs is 1. The minimum atomic E-state index is -1.02. The van der Waals surface area contributed by atoms with Gasteiger partial charge in [0.15, 0.2) is 5.82 Å². The lowest BCUT2D eigenvalue weighted by Gasteiger charge is -2.27. The van der Waals surface area contributed by atoms with Crippen molar-refractivity contribution in [3.63, 3.8) is 0 Å². The van der Waals surface area contributed by atoms with Crippen LogP contribution in [-0.4, -0.2) is 54.4 Å². The normalized spacial score (nSPS) is 19.5. The van der Waals surface area contributed by atoms with Crippen LogP contribution in [0.5, 0.6) is 0 Å². The van der Waals surface area contributed by atoms with E-state index in [4.69, 9.17) is 16.3 Å². The molecule has 1 aliphatic carbocycles. The van der Waals surface area contributed by atoms with Crippen LogP contribution in [0.4, 0.5) is 4.39 Å². The molecule has 0 bridgehead atoms. The molecule has 3 amide bonds. The van der Waals surface area contributed by atoms with E-state index in [2.05, 4.69) is 20.9 Å². The van der Waals surface area contributed by atoms with Gasteiger partial charge in [0.25, 0.3) is 5.91 Å². The maximum Gasteiger partial charge on any atom is 0.328 e. The lowest BCUT2D eigenvalue weighted by atomic mass is 9.91. The second-order valence-corrected chi connectivity index (χ2v) is 9.57. The van der Waals surface area contributed by atoms with Crippen LogP contribution in [0.3, 0.4) is 0 Å². The molecule has 1 aromatic heterocycles. The Balaban J connectivity index is 1.48. The molecule has 188 valence electrons. The Morgan fingerprint density at radius 2 is 1.94 bits per heavy atom. The van der Waals surface area contributed by atoms with E-state index in [1.807, 2.05) is 0 Å². The number of methoxy groups -OCH3 is 1. The van der Waals surface area contributed by atoms with Gasteiger partial charge in [-0.05, 0) is 43.7 Å². The van der Waals surface area contributed by atoms with Crippen LogP contribution in [-0.2, 0) is 19.1 Å². The van der Waals surface area contributed by atoms with E-state index in [-0.39, 0.29) is 34.5 Å². The van der Waals surface area contributed by atoms with Gasteiger partial charge in [0.1, 0.15) is 17.8 Å². The van der Waals surface area contributed by atoms with Crippen molar-refractivity contribution in [2.24, 2.45) is 11.8 Å². The van der Waals surface area contributed by atoms with Crippen LogP contribution in [0.2, 0.25) is 5.02 Å². The molecule has 4 N–H and O–H groups in total. The minimum absolute atomic E-state index is 0.0715. The van der Waals surface area contributed by atoms with Crippen molar-refractivity contribution in [1.82, 2.24) is 20.9 Å². The van der Waals surface area contributed by atoms with E-state index >= 15 is 0 Å². The topological polar surface area (TPSA) is 129 Å². The monoisotopic (exact) mass is 506 g/mol. The molecule has 2 heterocycles. The van der Waals surface area contributed by atoms with E-state index in [1.54, 1.807) is 6.07 Å². The number of amides is 3. The minimum Gasteiger partial charge on any atom is -0.467 e. The van der Waals surface area contributed by atoms with Crippen LogP contribution < -0.4 is 16.0 Å². The molecule has 1 saturated carbocycles. The summed E-state index contributed by atoms with van der Waals surface area (Å²) >= 11 is 5.82. The summed E-state index contributed by atoms with van der Waals surface area (Å²) in [6.07, 6.45) is 3.79. The van der Waals surface area contributed by atoms with Gasteiger partial charge in [0.05, 0.1) is 17.6 Å². The van der Waals surface area contributed by atoms with Crippen LogP contribution in [0.1, 0.15) is 49.0 Å². The molecule has 2 fully saturated rings. The molecule has 2 aromatic rings. The molecule has 0 radical (unpaired) electrons. The van der Waals surface area contributed by atoms with E-state index in [9.17, 15) is 23.6 Å². The van der Waals surface area contributed by atoms with Crippen LogP contribution in [0.25, 0.3) is 10.9 Å². The second-order valence-electron chi connectivity index (χ2n) is 9.16. The standard InChI is InChI=1S/C24H28ClFN4O5/c1-35-24(34)18(11-14-3-2-8-27-21(14)31)30-22(32)16(9-12-4-5-12)29-23(33)17-10-13-6-7-15(25)19(26)20(13)28-17/h6-7,10,12,14,16,18,28H,2-5,8-9,11H2,1H3,(H,27,31)(H,29,33)(H,30,32)/t14-,16?,18?/m0/s1. The smallest absolute Gasteiger partial charge is 0.328 e. The zero-order valence-electron chi connectivity index (χ0n) is 19.3. The first-order valence-electron chi connectivity index (χ1n) is 11.7. The number of H-pyrrole nitrogens is 1. The molecular formula is C24H28ClFN4O5. The maximum atomic E-state index is 14.3. The van der Waals surface area contributed by atoms with Gasteiger partial charge in [-0.3, -0.25) is 14.4 Å². The van der Waals surface area contributed by atoms with E-state index in [0.29, 0.717) is 24.8 Å². The largest absolute Gasteiger partial charge is 0.467 e. The number of aromatic amines is 1. The molecule has 9 nitrogen and oxygen atoms in total. The highest BCUT2D eigenvalue weighted by Crippen LogP contribution is 2.34. The fraction of sp³-hybridized carbons (Fsp3) is 0.500. The zero-order chi connectivity index (χ0) is 25.1. The summed E-state index contributed by atoms with van der Waals surface area (Å²) in [7, 11) is 1.22. The first-order valence-corrected chi connectivity index (χ1v) is 12.1. The van der Waals surface area contributed by atoms with Gasteiger partial charge in [-0.25, -0.2) is 9.18 Å². The molecule has 0 spiro atoms. The third kappa shape index (κ3) is 5.93. The number of nitrogens with one attached hydrogen (secondary N) is 4. The Kier molecular flexibility index (Phi) is 7.59. The van der Waals surface area contributed by atoms with Crippen molar-refractivity contribution in [3.05, 3.63) is 34.7 Å². The summed E-state index contributed by atoms with van der Waals surface area (Å²) in [6, 6.07) is 2.53. The molecule has 2 unspecified atom stereocenters. The Morgan fingerprint density at radius 1 is 1.17 bits per heavy atom. The number of hydrogen-bond donors (Lipinski definition) is 4. The SMILES string of the molecule is COC(=O)C(C[C@@H]1CCCNC1=O)NC(=O)C(CC1CC1)NC(=O)c1cc2ccc(Cl)c(F)c2[nH]1. The first-order chi connectivity index (χ1) is 16.8. The van der Waals surface area contributed by atoms with Crippen molar-refractivity contribution >= 4 is 46.2 Å². The first kappa shape index (κ1) is 25.0. The molecule has 35 heavy (non-hydrogen) atoms. The molecule has 1 aliphatic heterocycles. The molecule has 1 saturated heterocycles. The van der Waals surface area contributed by atoms with E-state index in [1.165, 1.54) is 19.2 Å². The number of rotatable bonds is 9. The van der Waals surface area contributed by atoms with Crippen LogP contribution in [0.15, 0.2) is 18.2 Å². The quantitative estimate of drug-likeness (QED) is 0.388. The van der Waals surface area contributed by atoms with E-state index in [0.717, 1.165) is 19.3 Å². The van der Waals surface area contributed by atoms with Gasteiger partial charge >= 0.3 is 5.97 Å². The van der Waals surface area contributed by atoms with Crippen molar-refractivity contribution in [3.8, 4) is 0 Å². The van der Waals surface area contributed by atoms with Crippen molar-refractivity contribution in [2.45, 2.75) is 50.6 Å². The molecule has 4 rings (SSSR count). The highest BCUT2D eigenvalue weighted by molar-refractivity contribution is 6.31. The highest BCUT2D eigenvalue weighted by Gasteiger charge is 2.35. The van der Waals surface area contributed by atoms with Crippen LogP contribution in [0, 0.1) is 17.7 Å². The van der Waals surface area contributed by atoms with Crippen LogP contribution >= 0.6 is 11.6 Å². The summed E-state index contributed by atoms with van der Waals surface area (Å²) in [5, 5.41) is 8.54. The predicted octanol–water partition coefficient (Wildman–Crippen LogP) is 2.43. The maximum absolute atomic E-state index is 14.3. The number of esters is 1. The Bertz CT molecular complexity index is 1150. The fourth-order valence-electron chi connectivity index (χ4n) is 4.39. The predicted molar refractivity (Wildman–Crippen MR) is 126 cm³/mol. The van der Waals surface area contributed by atoms with E-state index < -0.39 is 41.6 Å². The van der Waals surface area contributed by atoms with Gasteiger partial charge in [-0.1, -0.05) is 30.5 Å². The number of benzene rings is 1. The fourth-order valence-corrected chi connectivity index (χ4v) is 4.55. The number of hydrogen-bond acceptors (Lipinski definition) is 5. The number of carbonyl (C=O) groups excluding carboxylic acids is 4. The number of aromatic nitrogens is 1. The van der Waals surface area contributed by atoms with Gasteiger partial charge in [-0.15, -0.1) is 0 Å². The number of piperidine rings is 1. The summed E-state index contributed by atoms with van der Waals surface area (Å²) in [5.41, 5.74) is 0.181. The van der Waals surface area contributed by atoms with Gasteiger partial charge in [0, 0.05) is 17.8 Å². The lowest BCUT2D eigenvalue weighted by molar-refractivity contribution is -0.146. The summed E-state index contributed by atoms with van der Waals surface area (Å²) in [6.45, 7) is 0.587. The van der Waals surface area contributed by atoms with Crippen molar-refractivity contribution in [2.75, 3.05) is 13.7 Å². The highest BCUT2D eigenvalue weighted by atomic mass is 35.5. The number of ether oxygens (including phenoxy) is 1. The Labute approximate surface area is 206 Å². The zero-order valence-corrected chi connectivity index (χ0v) is 20.0. The summed E-state index contributed by atoms with van der Waals surface area (Å²) in [5.74, 6) is -2.74. The third-order valence-electron chi connectivity index (χ3n) is 6.54. The number of carbonyl (C=O) groups is 4. The lowest BCUT2D eigenvalue weighted by Crippen LogP contribution is -2.53. The van der Waals surface area contributed by atoms with Gasteiger partial charge < -0.3 is 25.7 Å². The number of halogens is 2. The van der Waals surface area contributed by atoms with Crippen molar-refractivity contribution in [1.29, 1.82) is 0 Å². The molecule has 3 atom stereocenters. The molecular weight excluding hydrogens is 479 g/mol. The van der Waals surface area contributed by atoms with Crippen molar-refractivity contribution < 1.29 is 28.3 Å². The molecule has 11 heteroatoms. The second kappa shape index (κ2) is 10.6. The Morgan fingerprint density at radius 3 is 2.63 bits per heavy atom. The molecule has 1 aromatic carbocycles. The summed E-state index contributed by atoms with van der Waals surface area (Å²) < 4.78 is 19.1. The third-order valence-corrected chi connectivity index (χ3v) is 6.83. The summed E-state index contributed by atoms with van der Waals surface area (Å²) in [4.78, 5) is 53.4. The van der Waals surface area contributed by atoms with Gasteiger partial charge in [-0.2, -0.15) is 0 Å². The molecule has 2 aliphatic rings. The average Bonchev–Trinajstić information content (AvgIpc) is 3.55. The Hall–Kier alpha value is -3.14. The average molecular weight is 507 g/mol. The van der Waals surface area contributed by atoms with Gasteiger partial charge in [0.2, 0.25) is 11.8 Å².